The van der Waals surface area contributed by atoms with Crippen molar-refractivity contribution < 1.29 is 9.53 Å². The quantitative estimate of drug-likeness (QED) is 0.834. The van der Waals surface area contributed by atoms with E-state index < -0.39 is 0 Å². The minimum absolute atomic E-state index is 0.285. The first kappa shape index (κ1) is 15.5. The van der Waals surface area contributed by atoms with Crippen LogP contribution in [0.3, 0.4) is 0 Å². The average Bonchev–Trinajstić information content (AvgIpc) is 2.45. The zero-order chi connectivity index (χ0) is 15.6. The first-order chi connectivity index (χ1) is 9.92. The Labute approximate surface area is 132 Å². The third-order valence-electron chi connectivity index (χ3n) is 3.01. The molecule has 0 aromatic heterocycles. The van der Waals surface area contributed by atoms with Gasteiger partial charge in [0, 0.05) is 11.3 Å². The van der Waals surface area contributed by atoms with Gasteiger partial charge in [0.1, 0.15) is 5.75 Å². The predicted molar refractivity (Wildman–Crippen MR) is 86.6 cm³/mol. The molecule has 1 amide bonds. The summed E-state index contributed by atoms with van der Waals surface area (Å²) in [4.78, 5) is 12.2. The van der Waals surface area contributed by atoms with Crippen molar-refractivity contribution in [2.45, 2.75) is 6.92 Å². The maximum atomic E-state index is 12.2. The van der Waals surface area contributed by atoms with Crippen molar-refractivity contribution in [3.63, 3.8) is 0 Å². The molecule has 0 atom stereocenters. The molecule has 0 radical (unpaired) electrons. The van der Waals surface area contributed by atoms with Crippen LogP contribution in [0.4, 0.5) is 11.4 Å². The van der Waals surface area contributed by atoms with E-state index in [1.165, 1.54) is 0 Å². The molecule has 0 aliphatic carbocycles. The van der Waals surface area contributed by atoms with Crippen LogP contribution in [0.15, 0.2) is 30.3 Å². The van der Waals surface area contributed by atoms with Crippen LogP contribution in [-0.2, 0) is 0 Å². The van der Waals surface area contributed by atoms with E-state index in [0.29, 0.717) is 27.0 Å². The molecule has 3 N–H and O–H groups in total. The van der Waals surface area contributed by atoms with Gasteiger partial charge in [0.2, 0.25) is 0 Å². The maximum Gasteiger partial charge on any atom is 0.255 e. The van der Waals surface area contributed by atoms with Crippen molar-refractivity contribution in [2.24, 2.45) is 0 Å². The molecule has 0 fully saturated rings. The number of halogens is 2. The maximum absolute atomic E-state index is 12.2. The molecular formula is C15H14Cl2N2O2. The van der Waals surface area contributed by atoms with Gasteiger partial charge in [0.15, 0.2) is 0 Å². The number of rotatable bonds is 3. The lowest BCUT2D eigenvalue weighted by Gasteiger charge is -2.10. The van der Waals surface area contributed by atoms with E-state index in [4.69, 9.17) is 33.7 Å². The largest absolute Gasteiger partial charge is 0.496 e. The number of anilines is 2. The molecule has 0 aliphatic rings. The number of methoxy groups -OCH3 is 1. The highest BCUT2D eigenvalue weighted by atomic mass is 35.5. The average molecular weight is 325 g/mol. The van der Waals surface area contributed by atoms with Crippen LogP contribution in [0.2, 0.25) is 10.0 Å². The highest BCUT2D eigenvalue weighted by molar-refractivity contribution is 6.39. The van der Waals surface area contributed by atoms with Crippen molar-refractivity contribution in [2.75, 3.05) is 18.2 Å². The highest BCUT2D eigenvalue weighted by Gasteiger charge is 2.11. The van der Waals surface area contributed by atoms with E-state index in [2.05, 4.69) is 5.32 Å². The van der Waals surface area contributed by atoms with Crippen molar-refractivity contribution in [1.82, 2.24) is 0 Å². The lowest BCUT2D eigenvalue weighted by Crippen LogP contribution is -2.12. The number of ether oxygens (including phenoxy) is 1. The molecule has 21 heavy (non-hydrogen) atoms. The third-order valence-corrected chi connectivity index (χ3v) is 3.63. The summed E-state index contributed by atoms with van der Waals surface area (Å²) in [5.74, 6) is 0.362. The van der Waals surface area contributed by atoms with Crippen molar-refractivity contribution in [1.29, 1.82) is 0 Å². The Bertz CT molecular complexity index is 679. The highest BCUT2D eigenvalue weighted by Crippen LogP contribution is 2.31. The van der Waals surface area contributed by atoms with Gasteiger partial charge >= 0.3 is 0 Å². The van der Waals surface area contributed by atoms with E-state index in [1.54, 1.807) is 31.4 Å². The van der Waals surface area contributed by atoms with E-state index >= 15 is 0 Å². The van der Waals surface area contributed by atoms with Crippen molar-refractivity contribution >= 4 is 40.5 Å². The number of benzene rings is 2. The SMILES string of the molecule is COc1cc(C(=O)Nc2cc(Cl)c(N)c(Cl)c2)ccc1C. The summed E-state index contributed by atoms with van der Waals surface area (Å²) in [5.41, 5.74) is 7.84. The van der Waals surface area contributed by atoms with Gasteiger partial charge in [-0.3, -0.25) is 4.79 Å². The zero-order valence-corrected chi connectivity index (χ0v) is 13.0. The van der Waals surface area contributed by atoms with Gasteiger partial charge in [0.25, 0.3) is 5.91 Å². The van der Waals surface area contributed by atoms with Gasteiger partial charge in [0.05, 0.1) is 22.8 Å². The molecule has 0 spiro atoms. The summed E-state index contributed by atoms with van der Waals surface area (Å²) in [6, 6.07) is 8.30. The second-order valence-corrected chi connectivity index (χ2v) is 5.31. The first-order valence-electron chi connectivity index (χ1n) is 6.13. The molecule has 2 aromatic carbocycles. The van der Waals surface area contributed by atoms with Crippen LogP contribution in [0.1, 0.15) is 15.9 Å². The molecule has 4 nitrogen and oxygen atoms in total. The number of amides is 1. The van der Waals surface area contributed by atoms with Crippen molar-refractivity contribution in [3.05, 3.63) is 51.5 Å². The lowest BCUT2D eigenvalue weighted by molar-refractivity contribution is 0.102. The van der Waals surface area contributed by atoms with E-state index in [0.717, 1.165) is 5.56 Å². The fraction of sp³-hybridized carbons (Fsp3) is 0.133. The number of aryl methyl sites for hydroxylation is 1. The van der Waals surface area contributed by atoms with Crippen molar-refractivity contribution in [3.8, 4) is 5.75 Å². The number of nitrogens with two attached hydrogens (primary N) is 1. The van der Waals surface area contributed by atoms with E-state index in [1.807, 2.05) is 13.0 Å². The number of nitrogen functional groups attached to an aromatic ring is 1. The Balaban J connectivity index is 2.26. The summed E-state index contributed by atoms with van der Waals surface area (Å²) in [6.07, 6.45) is 0. The number of nitrogens with one attached hydrogen (secondary N) is 1. The van der Waals surface area contributed by atoms with Gasteiger partial charge in [-0.1, -0.05) is 29.3 Å². The second-order valence-electron chi connectivity index (χ2n) is 4.49. The summed E-state index contributed by atoms with van der Waals surface area (Å²) in [5, 5.41) is 3.30. The summed E-state index contributed by atoms with van der Waals surface area (Å²) in [6.45, 7) is 1.90. The normalized spacial score (nSPS) is 10.3. The minimum Gasteiger partial charge on any atom is -0.496 e. The van der Waals surface area contributed by atoms with E-state index in [9.17, 15) is 4.79 Å². The molecule has 0 unspecified atom stereocenters. The Hall–Kier alpha value is -1.91. The molecule has 0 heterocycles. The molecule has 0 bridgehead atoms. The Morgan fingerprint density at radius 3 is 2.38 bits per heavy atom. The molecule has 6 heteroatoms. The Morgan fingerprint density at radius 1 is 1.19 bits per heavy atom. The van der Waals surface area contributed by atoms with Gasteiger partial charge in [-0.15, -0.1) is 0 Å². The number of hydrogen-bond acceptors (Lipinski definition) is 3. The van der Waals surface area contributed by atoms with Crippen LogP contribution >= 0.6 is 23.2 Å². The molecule has 0 saturated heterocycles. The van der Waals surface area contributed by atoms with Crippen LogP contribution < -0.4 is 15.8 Å². The zero-order valence-electron chi connectivity index (χ0n) is 11.5. The summed E-state index contributed by atoms with van der Waals surface area (Å²) < 4.78 is 5.20. The summed E-state index contributed by atoms with van der Waals surface area (Å²) >= 11 is 11.9. The van der Waals surface area contributed by atoms with E-state index in [-0.39, 0.29) is 11.6 Å². The smallest absolute Gasteiger partial charge is 0.255 e. The monoisotopic (exact) mass is 324 g/mol. The molecular weight excluding hydrogens is 311 g/mol. The fourth-order valence-electron chi connectivity index (χ4n) is 1.82. The second kappa shape index (κ2) is 6.24. The van der Waals surface area contributed by atoms with Gasteiger partial charge < -0.3 is 15.8 Å². The molecule has 0 aliphatic heterocycles. The minimum atomic E-state index is -0.287. The lowest BCUT2D eigenvalue weighted by atomic mass is 10.1. The van der Waals surface area contributed by atoms with Gasteiger partial charge in [-0.05, 0) is 36.8 Å². The standard InChI is InChI=1S/C15H14Cl2N2O2/c1-8-3-4-9(5-13(8)21-2)15(20)19-10-6-11(16)14(18)12(17)7-10/h3-7H,18H2,1-2H3,(H,19,20). The molecule has 2 rings (SSSR count). The molecule has 110 valence electrons. The number of carbonyl (C=O) groups excluding carboxylic acids is 1. The Kier molecular flexibility index (Phi) is 4.60. The fourth-order valence-corrected chi connectivity index (χ4v) is 2.31. The number of carbonyl (C=O) groups is 1. The number of hydrogen-bond donors (Lipinski definition) is 2. The molecule has 0 saturated carbocycles. The Morgan fingerprint density at radius 2 is 1.81 bits per heavy atom. The van der Waals surface area contributed by atoms with Crippen LogP contribution in [0.25, 0.3) is 0 Å². The molecule has 2 aromatic rings. The predicted octanol–water partition coefficient (Wildman–Crippen LogP) is 4.14. The van der Waals surface area contributed by atoms with Crippen LogP contribution in [0, 0.1) is 6.92 Å². The van der Waals surface area contributed by atoms with Gasteiger partial charge in [-0.25, -0.2) is 0 Å². The third kappa shape index (κ3) is 3.40. The summed E-state index contributed by atoms with van der Waals surface area (Å²) in [7, 11) is 1.56. The topological polar surface area (TPSA) is 64.3 Å². The van der Waals surface area contributed by atoms with Crippen LogP contribution in [0.5, 0.6) is 5.75 Å². The van der Waals surface area contributed by atoms with Crippen LogP contribution in [-0.4, -0.2) is 13.0 Å². The first-order valence-corrected chi connectivity index (χ1v) is 6.88. The van der Waals surface area contributed by atoms with Gasteiger partial charge in [-0.2, -0.15) is 0 Å².